The minimum atomic E-state index is -5.69. The van der Waals surface area contributed by atoms with E-state index in [2.05, 4.69) is 10.2 Å². The Morgan fingerprint density at radius 2 is 1.57 bits per heavy atom. The van der Waals surface area contributed by atoms with Crippen LogP contribution in [0.5, 0.6) is 0 Å². The van der Waals surface area contributed by atoms with E-state index in [-0.39, 0.29) is 5.15 Å². The Morgan fingerprint density at radius 1 is 1.00 bits per heavy atom. The summed E-state index contributed by atoms with van der Waals surface area (Å²) in [6, 6.07) is 1.28. The van der Waals surface area contributed by atoms with Crippen molar-refractivity contribution in [2.24, 2.45) is 0 Å². The zero-order valence-corrected chi connectivity index (χ0v) is 7.07. The summed E-state index contributed by atoms with van der Waals surface area (Å²) in [5.41, 5.74) is -1.48. The van der Waals surface area contributed by atoms with E-state index in [0.29, 0.717) is 6.07 Å². The minimum Gasteiger partial charge on any atom is -0.189 e. The highest BCUT2D eigenvalue weighted by Crippen LogP contribution is 2.42. The number of nitrogens with zero attached hydrogens (tertiary/aromatic N) is 2. The van der Waals surface area contributed by atoms with Gasteiger partial charge in [-0.25, -0.2) is 0 Å². The second kappa shape index (κ2) is 3.30. The summed E-state index contributed by atoms with van der Waals surface area (Å²) < 4.78 is 60.4. The van der Waals surface area contributed by atoms with E-state index in [1.165, 1.54) is 0 Å². The number of alkyl halides is 5. The molecule has 2 nitrogen and oxygen atoms in total. The lowest BCUT2D eigenvalue weighted by atomic mass is 10.2. The van der Waals surface area contributed by atoms with Crippen molar-refractivity contribution in [2.75, 3.05) is 0 Å². The molecule has 0 atom stereocenters. The van der Waals surface area contributed by atoms with Crippen LogP contribution >= 0.6 is 11.6 Å². The van der Waals surface area contributed by atoms with Gasteiger partial charge in [0.05, 0.1) is 0 Å². The lowest BCUT2D eigenvalue weighted by molar-refractivity contribution is -0.291. The number of hydrogen-bond donors (Lipinski definition) is 0. The molecule has 0 saturated heterocycles. The highest BCUT2D eigenvalue weighted by atomic mass is 35.5. The van der Waals surface area contributed by atoms with E-state index in [1.807, 2.05) is 0 Å². The molecule has 0 aliphatic heterocycles. The molecule has 0 fully saturated rings. The summed E-state index contributed by atoms with van der Waals surface area (Å²) in [6.07, 6.45) is -5.69. The fourth-order valence-electron chi connectivity index (χ4n) is 0.629. The fourth-order valence-corrected chi connectivity index (χ4v) is 0.729. The van der Waals surface area contributed by atoms with Crippen LogP contribution in [0.1, 0.15) is 5.69 Å². The first-order valence-electron chi connectivity index (χ1n) is 3.19. The molecule has 1 rings (SSSR count). The largest absolute Gasteiger partial charge is 0.459 e. The summed E-state index contributed by atoms with van der Waals surface area (Å²) in [5.74, 6) is -5.01. The smallest absolute Gasteiger partial charge is 0.189 e. The summed E-state index contributed by atoms with van der Waals surface area (Å²) >= 11 is 5.18. The molecule has 8 heteroatoms. The summed E-state index contributed by atoms with van der Waals surface area (Å²) in [5, 5.41) is 5.30. The number of hydrogen-bond acceptors (Lipinski definition) is 2. The van der Waals surface area contributed by atoms with Gasteiger partial charge in [0, 0.05) is 0 Å². The lowest BCUT2D eigenvalue weighted by Gasteiger charge is -2.17. The van der Waals surface area contributed by atoms with Crippen LogP contribution in [0.25, 0.3) is 0 Å². The molecule has 0 radical (unpaired) electrons. The molecular formula is C6H2ClF5N2. The van der Waals surface area contributed by atoms with Crippen LogP contribution in [0.2, 0.25) is 5.15 Å². The maximum Gasteiger partial charge on any atom is 0.459 e. The van der Waals surface area contributed by atoms with Crippen LogP contribution in [-0.2, 0) is 5.92 Å². The van der Waals surface area contributed by atoms with Crippen molar-refractivity contribution in [1.29, 1.82) is 0 Å². The molecule has 14 heavy (non-hydrogen) atoms. The van der Waals surface area contributed by atoms with Crippen LogP contribution in [0.15, 0.2) is 12.1 Å². The highest BCUT2D eigenvalue weighted by molar-refractivity contribution is 6.29. The maximum atomic E-state index is 12.5. The van der Waals surface area contributed by atoms with Crippen LogP contribution in [0.4, 0.5) is 22.0 Å². The van der Waals surface area contributed by atoms with Gasteiger partial charge in [-0.2, -0.15) is 22.0 Å². The Morgan fingerprint density at radius 3 is 1.93 bits per heavy atom. The fraction of sp³-hybridized carbons (Fsp3) is 0.333. The average molecular weight is 233 g/mol. The molecular weight excluding hydrogens is 231 g/mol. The van der Waals surface area contributed by atoms with Crippen molar-refractivity contribution < 1.29 is 22.0 Å². The zero-order chi connectivity index (χ0) is 11.0. The topological polar surface area (TPSA) is 25.8 Å². The SMILES string of the molecule is FC(F)(F)C(F)(F)c1ccc(Cl)nn1. The predicted molar refractivity (Wildman–Crippen MR) is 37.0 cm³/mol. The van der Waals surface area contributed by atoms with Gasteiger partial charge >= 0.3 is 12.1 Å². The van der Waals surface area contributed by atoms with Gasteiger partial charge in [0.15, 0.2) is 5.15 Å². The van der Waals surface area contributed by atoms with Crippen molar-refractivity contribution in [1.82, 2.24) is 10.2 Å². The van der Waals surface area contributed by atoms with Crippen molar-refractivity contribution in [2.45, 2.75) is 12.1 Å². The molecule has 0 aliphatic rings. The average Bonchev–Trinajstić information content (AvgIpc) is 2.03. The van der Waals surface area contributed by atoms with Crippen molar-refractivity contribution in [3.8, 4) is 0 Å². The molecule has 0 unspecified atom stereocenters. The normalized spacial score (nSPS) is 13.0. The van der Waals surface area contributed by atoms with Gasteiger partial charge in [-0.1, -0.05) is 11.6 Å². The molecule has 0 saturated carbocycles. The third kappa shape index (κ3) is 1.92. The Hall–Kier alpha value is -0.980. The number of rotatable bonds is 1. The van der Waals surface area contributed by atoms with Crippen molar-refractivity contribution in [3.63, 3.8) is 0 Å². The third-order valence-corrected chi connectivity index (χ3v) is 1.51. The Balaban J connectivity index is 3.10. The maximum absolute atomic E-state index is 12.5. The molecule has 0 aromatic carbocycles. The molecule has 0 aliphatic carbocycles. The van der Waals surface area contributed by atoms with Gasteiger partial charge in [0.25, 0.3) is 0 Å². The summed E-state index contributed by atoms with van der Waals surface area (Å²) in [6.45, 7) is 0. The Kier molecular flexibility index (Phi) is 2.62. The van der Waals surface area contributed by atoms with E-state index in [9.17, 15) is 22.0 Å². The molecule has 78 valence electrons. The molecule has 1 aromatic heterocycles. The lowest BCUT2D eigenvalue weighted by Crippen LogP contribution is -2.34. The van der Waals surface area contributed by atoms with Crippen LogP contribution in [-0.4, -0.2) is 16.4 Å². The molecule has 1 heterocycles. The quantitative estimate of drug-likeness (QED) is 0.696. The zero-order valence-electron chi connectivity index (χ0n) is 6.32. The van der Waals surface area contributed by atoms with Gasteiger partial charge in [0.1, 0.15) is 5.69 Å². The van der Waals surface area contributed by atoms with Crippen LogP contribution < -0.4 is 0 Å². The Bertz CT molecular complexity index is 320. The van der Waals surface area contributed by atoms with Crippen LogP contribution in [0.3, 0.4) is 0 Å². The predicted octanol–water partition coefficient (Wildman–Crippen LogP) is 2.78. The Labute approximate surface area is 79.7 Å². The standard InChI is InChI=1S/C6H2ClF5N2/c7-4-2-1-3(13-14-4)5(8,9)6(10,11)12/h1-2H. The van der Waals surface area contributed by atoms with E-state index in [1.54, 1.807) is 0 Å². The molecule has 0 spiro atoms. The molecule has 0 bridgehead atoms. The van der Waals surface area contributed by atoms with Crippen molar-refractivity contribution in [3.05, 3.63) is 23.0 Å². The van der Waals surface area contributed by atoms with Gasteiger partial charge in [0.2, 0.25) is 0 Å². The second-order valence-corrected chi connectivity index (χ2v) is 2.70. The van der Waals surface area contributed by atoms with Crippen LogP contribution in [0, 0.1) is 0 Å². The highest BCUT2D eigenvalue weighted by Gasteiger charge is 2.60. The van der Waals surface area contributed by atoms with Gasteiger partial charge < -0.3 is 0 Å². The first kappa shape index (κ1) is 11.1. The first-order valence-corrected chi connectivity index (χ1v) is 3.57. The third-order valence-electron chi connectivity index (χ3n) is 1.31. The first-order chi connectivity index (χ1) is 6.25. The van der Waals surface area contributed by atoms with E-state index < -0.39 is 17.8 Å². The molecule has 0 N–H and O–H groups in total. The number of aromatic nitrogens is 2. The van der Waals surface area contributed by atoms with Gasteiger partial charge in [-0.15, -0.1) is 10.2 Å². The van der Waals surface area contributed by atoms with Gasteiger partial charge in [-0.05, 0) is 12.1 Å². The summed E-state index contributed by atoms with van der Waals surface area (Å²) in [4.78, 5) is 0. The number of halogens is 6. The van der Waals surface area contributed by atoms with E-state index in [4.69, 9.17) is 11.6 Å². The van der Waals surface area contributed by atoms with E-state index >= 15 is 0 Å². The molecule has 0 amide bonds. The second-order valence-electron chi connectivity index (χ2n) is 2.31. The van der Waals surface area contributed by atoms with Crippen molar-refractivity contribution >= 4 is 11.6 Å². The summed E-state index contributed by atoms with van der Waals surface area (Å²) in [7, 11) is 0. The minimum absolute atomic E-state index is 0.258. The monoisotopic (exact) mass is 232 g/mol. The molecule has 1 aromatic rings. The van der Waals surface area contributed by atoms with E-state index in [0.717, 1.165) is 6.07 Å². The van der Waals surface area contributed by atoms with Gasteiger partial charge in [-0.3, -0.25) is 0 Å².